The number of anilines is 3. The van der Waals surface area contributed by atoms with Crippen molar-refractivity contribution >= 4 is 34.2 Å². The van der Waals surface area contributed by atoms with Crippen molar-refractivity contribution < 1.29 is 4.74 Å². The topological polar surface area (TPSA) is 12.5 Å². The first-order chi connectivity index (χ1) is 12.9. The van der Waals surface area contributed by atoms with Gasteiger partial charge in [-0.1, -0.05) is 56.3 Å². The summed E-state index contributed by atoms with van der Waals surface area (Å²) in [5, 5.41) is 0.755. The van der Waals surface area contributed by atoms with Crippen molar-refractivity contribution in [1.82, 2.24) is 0 Å². The van der Waals surface area contributed by atoms with E-state index in [0.29, 0.717) is 0 Å². The van der Waals surface area contributed by atoms with Gasteiger partial charge in [-0.25, -0.2) is 0 Å². The number of para-hydroxylation sites is 2. The first-order valence-corrected chi connectivity index (χ1v) is 9.48. The molecule has 0 atom stereocenters. The summed E-state index contributed by atoms with van der Waals surface area (Å²) in [7, 11) is 0. The molecule has 2 aliphatic heterocycles. The van der Waals surface area contributed by atoms with Crippen LogP contribution in [0, 0.1) is 0 Å². The predicted molar refractivity (Wildman–Crippen MR) is 113 cm³/mol. The summed E-state index contributed by atoms with van der Waals surface area (Å²) < 4.78 is 6.42. The Morgan fingerprint density at radius 2 is 1.78 bits per heavy atom. The zero-order valence-electron chi connectivity index (χ0n) is 15.6. The Hall–Kier alpha value is -2.71. The Balaban J connectivity index is 1.90. The molecule has 0 radical (unpaired) electrons. The maximum Gasteiger partial charge on any atom is 0.158 e. The van der Waals surface area contributed by atoms with Gasteiger partial charge in [0.15, 0.2) is 11.5 Å². The third kappa shape index (κ3) is 2.14. The SMILES string of the molecule is C=C(C)c1cccc2c1Oc1cccc3c1N2c1ccc(Cl)cc1C3(C)C. The quantitative estimate of drug-likeness (QED) is 0.340. The largest absolute Gasteiger partial charge is 0.452 e. The van der Waals surface area contributed by atoms with Crippen LogP contribution in [0.5, 0.6) is 11.5 Å². The van der Waals surface area contributed by atoms with E-state index in [4.69, 9.17) is 16.3 Å². The molecule has 0 spiro atoms. The smallest absolute Gasteiger partial charge is 0.158 e. The van der Waals surface area contributed by atoms with E-state index in [2.05, 4.69) is 67.8 Å². The van der Waals surface area contributed by atoms with E-state index in [1.807, 2.05) is 19.1 Å². The van der Waals surface area contributed by atoms with E-state index < -0.39 is 0 Å². The number of fused-ring (bicyclic) bond motifs is 4. The van der Waals surface area contributed by atoms with Crippen LogP contribution in [0.25, 0.3) is 5.57 Å². The summed E-state index contributed by atoms with van der Waals surface area (Å²) in [6.07, 6.45) is 0. The molecule has 134 valence electrons. The molecule has 27 heavy (non-hydrogen) atoms. The van der Waals surface area contributed by atoms with Gasteiger partial charge in [0.1, 0.15) is 0 Å². The van der Waals surface area contributed by atoms with E-state index in [1.54, 1.807) is 0 Å². The minimum absolute atomic E-state index is 0.172. The first-order valence-electron chi connectivity index (χ1n) is 9.10. The van der Waals surface area contributed by atoms with Crippen molar-refractivity contribution in [2.45, 2.75) is 26.2 Å². The number of rotatable bonds is 1. The average Bonchev–Trinajstić information content (AvgIpc) is 2.64. The molecule has 0 unspecified atom stereocenters. The predicted octanol–water partition coefficient (Wildman–Crippen LogP) is 7.59. The second kappa shape index (κ2) is 5.40. The van der Waals surface area contributed by atoms with Crippen LogP contribution in [0.2, 0.25) is 5.02 Å². The lowest BCUT2D eigenvalue weighted by Gasteiger charge is -2.45. The van der Waals surface area contributed by atoms with Crippen LogP contribution < -0.4 is 9.64 Å². The minimum Gasteiger partial charge on any atom is -0.452 e. The van der Waals surface area contributed by atoms with Crippen LogP contribution >= 0.6 is 11.6 Å². The summed E-state index contributed by atoms with van der Waals surface area (Å²) in [5.74, 6) is 1.73. The average molecular weight is 374 g/mol. The molecule has 0 aliphatic carbocycles. The molecule has 3 heteroatoms. The van der Waals surface area contributed by atoms with Crippen molar-refractivity contribution in [3.63, 3.8) is 0 Å². The fraction of sp³-hybridized carbons (Fsp3) is 0.167. The Labute approximate surface area is 164 Å². The van der Waals surface area contributed by atoms with Crippen LogP contribution in [-0.4, -0.2) is 0 Å². The van der Waals surface area contributed by atoms with Crippen LogP contribution in [-0.2, 0) is 5.41 Å². The Morgan fingerprint density at radius 3 is 2.56 bits per heavy atom. The van der Waals surface area contributed by atoms with Gasteiger partial charge in [0.2, 0.25) is 0 Å². The first kappa shape index (κ1) is 16.5. The maximum atomic E-state index is 6.42. The number of halogens is 1. The number of nitrogens with zero attached hydrogens (tertiary/aromatic N) is 1. The van der Waals surface area contributed by atoms with Gasteiger partial charge in [0.05, 0.1) is 17.1 Å². The molecule has 0 saturated carbocycles. The summed E-state index contributed by atoms with van der Waals surface area (Å²) in [5.41, 5.74) is 7.60. The van der Waals surface area contributed by atoms with Crippen molar-refractivity contribution in [2.75, 3.05) is 4.90 Å². The molecule has 0 bridgehead atoms. The maximum absolute atomic E-state index is 6.42. The lowest BCUT2D eigenvalue weighted by Crippen LogP contribution is -2.32. The van der Waals surface area contributed by atoms with Crippen LogP contribution in [0.4, 0.5) is 17.1 Å². The third-order valence-electron chi connectivity index (χ3n) is 5.68. The summed E-state index contributed by atoms with van der Waals surface area (Å²) in [6.45, 7) is 10.6. The second-order valence-corrected chi connectivity index (χ2v) is 8.25. The van der Waals surface area contributed by atoms with Gasteiger partial charge < -0.3 is 9.64 Å². The van der Waals surface area contributed by atoms with E-state index in [0.717, 1.165) is 44.7 Å². The van der Waals surface area contributed by atoms with Gasteiger partial charge in [-0.05, 0) is 54.0 Å². The normalized spacial score (nSPS) is 15.3. The zero-order chi connectivity index (χ0) is 18.9. The van der Waals surface area contributed by atoms with Gasteiger partial charge >= 0.3 is 0 Å². The molecule has 5 rings (SSSR count). The molecule has 0 fully saturated rings. The van der Waals surface area contributed by atoms with E-state index in [-0.39, 0.29) is 5.41 Å². The monoisotopic (exact) mass is 373 g/mol. The minimum atomic E-state index is -0.172. The molecule has 2 heterocycles. The molecule has 2 nitrogen and oxygen atoms in total. The van der Waals surface area contributed by atoms with Gasteiger partial charge in [-0.2, -0.15) is 0 Å². The molecule has 3 aromatic carbocycles. The van der Waals surface area contributed by atoms with E-state index in [9.17, 15) is 0 Å². The molecular weight excluding hydrogens is 354 g/mol. The molecule has 3 aromatic rings. The highest BCUT2D eigenvalue weighted by atomic mass is 35.5. The Kier molecular flexibility index (Phi) is 3.29. The molecular formula is C24H20ClNO. The fourth-order valence-corrected chi connectivity index (χ4v) is 4.49. The van der Waals surface area contributed by atoms with Crippen LogP contribution in [0.3, 0.4) is 0 Å². The van der Waals surface area contributed by atoms with E-state index in [1.165, 1.54) is 11.1 Å². The highest BCUT2D eigenvalue weighted by Crippen LogP contribution is 2.60. The van der Waals surface area contributed by atoms with Gasteiger partial charge in [-0.3, -0.25) is 0 Å². The lowest BCUT2D eigenvalue weighted by molar-refractivity contribution is 0.470. The standard InChI is InChI=1S/C24H20ClNO/c1-14(2)16-7-5-9-20-23(16)27-21-10-6-8-17-22(21)26(20)19-12-11-15(25)13-18(19)24(17,3)4/h5-13H,1H2,2-4H3. The molecule has 0 saturated heterocycles. The molecule has 0 aromatic heterocycles. The lowest BCUT2D eigenvalue weighted by atomic mass is 9.73. The van der Waals surface area contributed by atoms with Gasteiger partial charge in [-0.15, -0.1) is 0 Å². The van der Waals surface area contributed by atoms with Crippen molar-refractivity contribution in [1.29, 1.82) is 0 Å². The number of allylic oxidation sites excluding steroid dienone is 1. The van der Waals surface area contributed by atoms with Crippen LogP contribution in [0.1, 0.15) is 37.5 Å². The Bertz CT molecular complexity index is 1130. The molecule has 0 N–H and O–H groups in total. The van der Waals surface area contributed by atoms with E-state index >= 15 is 0 Å². The number of benzene rings is 3. The third-order valence-corrected chi connectivity index (χ3v) is 5.91. The summed E-state index contributed by atoms with van der Waals surface area (Å²) >= 11 is 6.38. The second-order valence-electron chi connectivity index (χ2n) is 7.81. The van der Waals surface area contributed by atoms with Gasteiger partial charge in [0.25, 0.3) is 0 Å². The zero-order valence-corrected chi connectivity index (χ0v) is 16.4. The highest BCUT2D eigenvalue weighted by molar-refractivity contribution is 6.30. The van der Waals surface area contributed by atoms with Crippen LogP contribution in [0.15, 0.2) is 61.2 Å². The summed E-state index contributed by atoms with van der Waals surface area (Å²) in [4.78, 5) is 2.31. The summed E-state index contributed by atoms with van der Waals surface area (Å²) in [6, 6.07) is 18.7. The number of hydrogen-bond donors (Lipinski definition) is 0. The van der Waals surface area contributed by atoms with Gasteiger partial charge in [0, 0.05) is 16.0 Å². The Morgan fingerprint density at radius 1 is 1.00 bits per heavy atom. The number of hydrogen-bond acceptors (Lipinski definition) is 2. The fourth-order valence-electron chi connectivity index (χ4n) is 4.31. The molecule has 2 aliphatic rings. The highest BCUT2D eigenvalue weighted by Gasteiger charge is 2.41. The van der Waals surface area contributed by atoms with Crippen molar-refractivity contribution in [3.8, 4) is 11.5 Å². The van der Waals surface area contributed by atoms with Crippen molar-refractivity contribution in [3.05, 3.63) is 82.9 Å². The molecule has 0 amide bonds. The number of ether oxygens (including phenoxy) is 1. The van der Waals surface area contributed by atoms with Crippen molar-refractivity contribution in [2.24, 2.45) is 0 Å².